The second kappa shape index (κ2) is 5.92. The maximum Gasteiger partial charge on any atom is 0.363 e. The van der Waals surface area contributed by atoms with Crippen LogP contribution in [0.15, 0.2) is 23.2 Å². The molecule has 1 aromatic rings. The molecule has 0 aromatic carbocycles. The predicted octanol–water partition coefficient (Wildman–Crippen LogP) is 0.377. The van der Waals surface area contributed by atoms with Crippen molar-refractivity contribution in [3.63, 3.8) is 0 Å². The number of nitrogens with zero attached hydrogens (tertiary/aromatic N) is 2. The molecule has 20 heavy (non-hydrogen) atoms. The molecular formula is C10H13N3O6S. The summed E-state index contributed by atoms with van der Waals surface area (Å²) in [6.07, 6.45) is 0.805. The van der Waals surface area contributed by atoms with E-state index in [1.54, 1.807) is 13.8 Å². The molecule has 0 saturated carbocycles. The first kappa shape index (κ1) is 16.0. The zero-order chi connectivity index (χ0) is 15.5. The SMILES string of the molecule is CC(C)[C@@H](NS(=O)(=O)c1ccc([N+](=O)[O-])nc1)C(=O)O. The van der Waals surface area contributed by atoms with Gasteiger partial charge in [-0.05, 0) is 21.9 Å². The Bertz CT molecular complexity index is 610. The predicted molar refractivity (Wildman–Crippen MR) is 67.5 cm³/mol. The number of sulfonamides is 1. The number of hydrogen-bond donors (Lipinski definition) is 2. The number of rotatable bonds is 6. The molecule has 0 fully saturated rings. The molecule has 2 N–H and O–H groups in total. The summed E-state index contributed by atoms with van der Waals surface area (Å²) in [5.74, 6) is -2.27. The molecule has 0 unspecified atom stereocenters. The lowest BCUT2D eigenvalue weighted by Gasteiger charge is -2.17. The lowest BCUT2D eigenvalue weighted by Crippen LogP contribution is -2.44. The highest BCUT2D eigenvalue weighted by molar-refractivity contribution is 7.89. The molecule has 0 bridgehead atoms. The summed E-state index contributed by atoms with van der Waals surface area (Å²) in [5, 5.41) is 19.4. The van der Waals surface area contributed by atoms with Gasteiger partial charge in [-0.1, -0.05) is 13.8 Å². The highest BCUT2D eigenvalue weighted by Crippen LogP contribution is 2.14. The summed E-state index contributed by atoms with van der Waals surface area (Å²) >= 11 is 0. The van der Waals surface area contributed by atoms with Crippen LogP contribution in [0.2, 0.25) is 0 Å². The maximum absolute atomic E-state index is 11.9. The second-order valence-electron chi connectivity index (χ2n) is 4.29. The van der Waals surface area contributed by atoms with Gasteiger partial charge in [0, 0.05) is 6.07 Å². The van der Waals surface area contributed by atoms with Gasteiger partial charge in [-0.15, -0.1) is 0 Å². The van der Waals surface area contributed by atoms with Crippen molar-refractivity contribution in [3.05, 3.63) is 28.4 Å². The van der Waals surface area contributed by atoms with Gasteiger partial charge in [-0.25, -0.2) is 8.42 Å². The molecule has 1 atom stereocenters. The van der Waals surface area contributed by atoms with Crippen molar-refractivity contribution in [1.29, 1.82) is 0 Å². The van der Waals surface area contributed by atoms with Crippen LogP contribution in [-0.2, 0) is 14.8 Å². The van der Waals surface area contributed by atoms with E-state index in [-0.39, 0.29) is 4.90 Å². The number of nitro groups is 1. The third kappa shape index (κ3) is 3.71. The van der Waals surface area contributed by atoms with Crippen molar-refractivity contribution in [3.8, 4) is 0 Å². The van der Waals surface area contributed by atoms with E-state index in [1.165, 1.54) is 0 Å². The third-order valence-electron chi connectivity index (χ3n) is 2.43. The van der Waals surface area contributed by atoms with Crippen molar-refractivity contribution < 1.29 is 23.2 Å². The molecule has 0 amide bonds. The summed E-state index contributed by atoms with van der Waals surface area (Å²) in [4.78, 5) is 23.7. The van der Waals surface area contributed by atoms with Gasteiger partial charge < -0.3 is 15.2 Å². The average Bonchev–Trinajstić information content (AvgIpc) is 2.35. The molecule has 110 valence electrons. The van der Waals surface area contributed by atoms with Gasteiger partial charge in [0.2, 0.25) is 10.0 Å². The molecule has 1 aromatic heterocycles. The molecule has 0 aliphatic carbocycles. The standard InChI is InChI=1S/C10H13N3O6S/c1-6(2)9(10(14)15)12-20(18,19)7-3-4-8(11-5-7)13(16)17/h3-6,9,12H,1-2H3,(H,14,15)/t9-/m1/s1. The van der Waals surface area contributed by atoms with Gasteiger partial charge in [0.1, 0.15) is 10.9 Å². The topological polar surface area (TPSA) is 140 Å². The summed E-state index contributed by atoms with van der Waals surface area (Å²) in [6, 6.07) is 0.627. The van der Waals surface area contributed by atoms with Gasteiger partial charge >= 0.3 is 11.8 Å². The number of pyridine rings is 1. The van der Waals surface area contributed by atoms with Crippen LogP contribution in [0.25, 0.3) is 0 Å². The van der Waals surface area contributed by atoms with Crippen LogP contribution < -0.4 is 4.72 Å². The first-order valence-electron chi connectivity index (χ1n) is 5.50. The van der Waals surface area contributed by atoms with E-state index < -0.39 is 38.7 Å². The van der Waals surface area contributed by atoms with Gasteiger partial charge in [0.15, 0.2) is 6.20 Å². The summed E-state index contributed by atoms with van der Waals surface area (Å²) in [5.41, 5.74) is 0. The quantitative estimate of drug-likeness (QED) is 0.571. The Hall–Kier alpha value is -2.07. The van der Waals surface area contributed by atoms with E-state index >= 15 is 0 Å². The number of carboxylic acids is 1. The fourth-order valence-corrected chi connectivity index (χ4v) is 2.63. The normalized spacial score (nSPS) is 13.2. The Morgan fingerprint density at radius 2 is 2.05 bits per heavy atom. The zero-order valence-corrected chi connectivity index (χ0v) is 11.5. The van der Waals surface area contributed by atoms with Crippen LogP contribution in [0, 0.1) is 16.0 Å². The number of carboxylic acid groups (broad SMARTS) is 1. The van der Waals surface area contributed by atoms with Crippen LogP contribution in [0.5, 0.6) is 0 Å². The number of aliphatic carboxylic acids is 1. The lowest BCUT2D eigenvalue weighted by molar-refractivity contribution is -0.389. The highest BCUT2D eigenvalue weighted by Gasteiger charge is 2.29. The zero-order valence-electron chi connectivity index (χ0n) is 10.7. The van der Waals surface area contributed by atoms with Crippen molar-refractivity contribution in [2.75, 3.05) is 0 Å². The number of nitrogens with one attached hydrogen (secondary N) is 1. The van der Waals surface area contributed by atoms with E-state index in [2.05, 4.69) is 4.98 Å². The minimum absolute atomic E-state index is 0.338. The lowest BCUT2D eigenvalue weighted by atomic mass is 10.1. The van der Waals surface area contributed by atoms with E-state index in [0.717, 1.165) is 18.3 Å². The van der Waals surface area contributed by atoms with Gasteiger partial charge in [-0.2, -0.15) is 4.72 Å². The summed E-state index contributed by atoms with van der Waals surface area (Å²) in [7, 11) is -4.11. The van der Waals surface area contributed by atoms with Crippen LogP contribution in [0.4, 0.5) is 5.82 Å². The highest BCUT2D eigenvalue weighted by atomic mass is 32.2. The maximum atomic E-state index is 11.9. The number of hydrogen-bond acceptors (Lipinski definition) is 6. The molecule has 1 heterocycles. The van der Waals surface area contributed by atoms with Gasteiger partial charge in [0.05, 0.1) is 0 Å². The molecule has 0 radical (unpaired) electrons. The third-order valence-corrected chi connectivity index (χ3v) is 3.86. The molecule has 0 spiro atoms. The van der Waals surface area contributed by atoms with Crippen molar-refractivity contribution >= 4 is 21.8 Å². The summed E-state index contributed by atoms with van der Waals surface area (Å²) < 4.78 is 25.9. The average molecular weight is 303 g/mol. The minimum atomic E-state index is -4.11. The van der Waals surface area contributed by atoms with Crippen LogP contribution in [0.1, 0.15) is 13.8 Å². The van der Waals surface area contributed by atoms with E-state index in [4.69, 9.17) is 5.11 Å². The molecule has 0 aliphatic heterocycles. The van der Waals surface area contributed by atoms with Crippen molar-refractivity contribution in [2.24, 2.45) is 5.92 Å². The van der Waals surface area contributed by atoms with Gasteiger partial charge in [0.25, 0.3) is 0 Å². The smallest absolute Gasteiger partial charge is 0.363 e. The van der Waals surface area contributed by atoms with Crippen molar-refractivity contribution in [2.45, 2.75) is 24.8 Å². The Morgan fingerprint density at radius 3 is 2.40 bits per heavy atom. The van der Waals surface area contributed by atoms with Crippen LogP contribution >= 0.6 is 0 Å². The second-order valence-corrected chi connectivity index (χ2v) is 6.00. The van der Waals surface area contributed by atoms with E-state index in [9.17, 15) is 23.3 Å². The Balaban J connectivity index is 3.04. The monoisotopic (exact) mass is 303 g/mol. The molecular weight excluding hydrogens is 290 g/mol. The van der Waals surface area contributed by atoms with Crippen molar-refractivity contribution in [1.82, 2.24) is 9.71 Å². The number of carbonyl (C=O) groups is 1. The molecule has 10 heteroatoms. The molecule has 9 nitrogen and oxygen atoms in total. The Morgan fingerprint density at radius 1 is 1.45 bits per heavy atom. The Labute approximate surface area is 114 Å². The van der Waals surface area contributed by atoms with E-state index in [1.807, 2.05) is 4.72 Å². The van der Waals surface area contributed by atoms with Gasteiger partial charge in [-0.3, -0.25) is 4.79 Å². The van der Waals surface area contributed by atoms with Crippen LogP contribution in [0.3, 0.4) is 0 Å². The molecule has 0 saturated heterocycles. The fourth-order valence-electron chi connectivity index (χ4n) is 1.35. The summed E-state index contributed by atoms with van der Waals surface area (Å²) in [6.45, 7) is 3.10. The first-order chi connectivity index (χ1) is 9.15. The largest absolute Gasteiger partial charge is 0.480 e. The molecule has 0 aliphatic rings. The molecule has 1 rings (SSSR count). The fraction of sp³-hybridized carbons (Fsp3) is 0.400. The van der Waals surface area contributed by atoms with Crippen LogP contribution in [-0.4, -0.2) is 35.4 Å². The minimum Gasteiger partial charge on any atom is -0.480 e. The number of aromatic nitrogens is 1. The first-order valence-corrected chi connectivity index (χ1v) is 6.99. The Kier molecular flexibility index (Phi) is 4.73. The van der Waals surface area contributed by atoms with E-state index in [0.29, 0.717) is 0 Å².